The van der Waals surface area contributed by atoms with E-state index in [1.165, 1.54) is 6.20 Å². The number of pyridine rings is 1. The minimum Gasteiger partial charge on any atom is -0.361 e. The van der Waals surface area contributed by atoms with Crippen LogP contribution in [0.15, 0.2) is 53.7 Å². The maximum atomic E-state index is 11.6. The van der Waals surface area contributed by atoms with Crippen LogP contribution in [0.3, 0.4) is 0 Å². The third-order valence-corrected chi connectivity index (χ3v) is 3.36. The van der Waals surface area contributed by atoms with E-state index in [2.05, 4.69) is 25.3 Å². The maximum absolute atomic E-state index is 11.6. The summed E-state index contributed by atoms with van der Waals surface area (Å²) in [6, 6.07) is 9.65. The fourth-order valence-corrected chi connectivity index (χ4v) is 2.35. The maximum Gasteiger partial charge on any atom is 0.258 e. The van der Waals surface area contributed by atoms with E-state index in [9.17, 15) is 4.79 Å². The molecule has 3 heterocycles. The zero-order chi connectivity index (χ0) is 14.2. The summed E-state index contributed by atoms with van der Waals surface area (Å²) >= 11 is 0. The van der Waals surface area contributed by atoms with Crippen molar-refractivity contribution < 1.29 is 0 Å². The first kappa shape index (κ1) is 11.7. The zero-order valence-electron chi connectivity index (χ0n) is 10.9. The molecule has 1 aromatic carbocycles. The number of benzene rings is 1. The third kappa shape index (κ3) is 1.93. The number of nitrogens with one attached hydrogen (secondary N) is 3. The van der Waals surface area contributed by atoms with Gasteiger partial charge in [-0.2, -0.15) is 0 Å². The molecule has 0 aliphatic heterocycles. The summed E-state index contributed by atoms with van der Waals surface area (Å²) in [5, 5.41) is 4.73. The second-order valence-electron chi connectivity index (χ2n) is 4.67. The molecule has 0 radical (unpaired) electrons. The van der Waals surface area contributed by atoms with Crippen molar-refractivity contribution in [1.29, 1.82) is 0 Å². The Balaban J connectivity index is 1.81. The summed E-state index contributed by atoms with van der Waals surface area (Å²) in [7, 11) is 0. The summed E-state index contributed by atoms with van der Waals surface area (Å²) in [6.07, 6.45) is 4.99. The predicted octanol–water partition coefficient (Wildman–Crippen LogP) is 2.54. The molecule has 0 aliphatic carbocycles. The van der Waals surface area contributed by atoms with E-state index >= 15 is 0 Å². The quantitative estimate of drug-likeness (QED) is 0.525. The number of H-pyrrole nitrogens is 2. The Morgan fingerprint density at radius 1 is 1.00 bits per heavy atom. The Morgan fingerprint density at radius 3 is 2.86 bits per heavy atom. The monoisotopic (exact) mass is 277 g/mol. The third-order valence-electron chi connectivity index (χ3n) is 3.36. The van der Waals surface area contributed by atoms with Gasteiger partial charge in [0.2, 0.25) is 5.95 Å². The van der Waals surface area contributed by atoms with Crippen LogP contribution < -0.4 is 10.9 Å². The highest BCUT2D eigenvalue weighted by Gasteiger charge is 2.06. The number of aromatic amines is 2. The minimum absolute atomic E-state index is 0.188. The molecule has 0 fully saturated rings. The van der Waals surface area contributed by atoms with Crippen LogP contribution in [0, 0.1) is 0 Å². The number of hydrogen-bond acceptors (Lipinski definition) is 4. The van der Waals surface area contributed by atoms with Gasteiger partial charge in [-0.3, -0.25) is 4.79 Å². The van der Waals surface area contributed by atoms with Crippen LogP contribution in [-0.4, -0.2) is 19.9 Å². The molecule has 0 saturated carbocycles. The average Bonchev–Trinajstić information content (AvgIpc) is 2.97. The molecule has 0 amide bonds. The van der Waals surface area contributed by atoms with Crippen LogP contribution in [0.1, 0.15) is 0 Å². The number of fused-ring (bicyclic) bond motifs is 2. The molecule has 4 aromatic rings. The molecule has 3 N–H and O–H groups in total. The second-order valence-corrected chi connectivity index (χ2v) is 4.67. The minimum atomic E-state index is -0.188. The Kier molecular flexibility index (Phi) is 2.47. The van der Waals surface area contributed by atoms with Gasteiger partial charge in [0.1, 0.15) is 0 Å². The number of aromatic nitrogens is 4. The molecule has 0 bridgehead atoms. The van der Waals surface area contributed by atoms with Gasteiger partial charge >= 0.3 is 0 Å². The zero-order valence-corrected chi connectivity index (χ0v) is 10.9. The van der Waals surface area contributed by atoms with Crippen molar-refractivity contribution in [3.05, 3.63) is 59.3 Å². The first-order chi connectivity index (χ1) is 10.3. The first-order valence-corrected chi connectivity index (χ1v) is 6.49. The Labute approximate surface area is 118 Å². The topological polar surface area (TPSA) is 86.5 Å². The van der Waals surface area contributed by atoms with E-state index in [0.29, 0.717) is 16.9 Å². The molecule has 4 rings (SSSR count). The smallest absolute Gasteiger partial charge is 0.258 e. The van der Waals surface area contributed by atoms with Gasteiger partial charge in [-0.1, -0.05) is 6.07 Å². The van der Waals surface area contributed by atoms with E-state index in [1.54, 1.807) is 12.3 Å². The molecule has 21 heavy (non-hydrogen) atoms. The number of hydrogen-bond donors (Lipinski definition) is 3. The van der Waals surface area contributed by atoms with E-state index < -0.39 is 0 Å². The molecule has 0 aliphatic rings. The number of anilines is 2. The molecule has 0 saturated heterocycles. The van der Waals surface area contributed by atoms with E-state index in [4.69, 9.17) is 0 Å². The van der Waals surface area contributed by atoms with E-state index in [0.717, 1.165) is 16.6 Å². The van der Waals surface area contributed by atoms with Gasteiger partial charge in [0.05, 0.1) is 16.6 Å². The van der Waals surface area contributed by atoms with Gasteiger partial charge in [-0.15, -0.1) is 0 Å². The van der Waals surface area contributed by atoms with Crippen LogP contribution in [0.25, 0.3) is 21.8 Å². The normalized spacial score (nSPS) is 11.0. The van der Waals surface area contributed by atoms with Gasteiger partial charge in [-0.25, -0.2) is 9.97 Å². The van der Waals surface area contributed by atoms with Crippen molar-refractivity contribution in [3.8, 4) is 0 Å². The van der Waals surface area contributed by atoms with E-state index in [1.807, 2.05) is 30.5 Å². The highest BCUT2D eigenvalue weighted by molar-refractivity contribution is 5.93. The highest BCUT2D eigenvalue weighted by atomic mass is 16.1. The van der Waals surface area contributed by atoms with Crippen molar-refractivity contribution in [2.24, 2.45) is 0 Å². The largest absolute Gasteiger partial charge is 0.361 e. The summed E-state index contributed by atoms with van der Waals surface area (Å²) < 4.78 is 0. The molecule has 6 heteroatoms. The summed E-state index contributed by atoms with van der Waals surface area (Å²) in [5.74, 6) is 0.460. The fraction of sp³-hybridized carbons (Fsp3) is 0. The molecule has 0 unspecified atom stereocenters. The van der Waals surface area contributed by atoms with Crippen LogP contribution >= 0.6 is 0 Å². The second kappa shape index (κ2) is 4.45. The summed E-state index contributed by atoms with van der Waals surface area (Å²) in [4.78, 5) is 26.0. The molecule has 6 nitrogen and oxygen atoms in total. The van der Waals surface area contributed by atoms with Gasteiger partial charge in [-0.05, 0) is 24.3 Å². The van der Waals surface area contributed by atoms with Crippen molar-refractivity contribution in [1.82, 2.24) is 19.9 Å². The van der Waals surface area contributed by atoms with Crippen LogP contribution in [0.5, 0.6) is 0 Å². The van der Waals surface area contributed by atoms with Crippen LogP contribution in [0.2, 0.25) is 0 Å². The van der Waals surface area contributed by atoms with Gasteiger partial charge in [0, 0.05) is 29.5 Å². The average molecular weight is 277 g/mol. The number of nitrogens with zero attached hydrogens (tertiary/aromatic N) is 2. The van der Waals surface area contributed by atoms with Gasteiger partial charge < -0.3 is 15.3 Å². The Bertz CT molecular complexity index is 1000. The lowest BCUT2D eigenvalue weighted by Crippen LogP contribution is -2.07. The molecule has 0 atom stereocenters. The SMILES string of the molecule is O=c1[nH]ccc2nc(Nc3cccc4[nH]ccc34)ncc12. The van der Waals surface area contributed by atoms with Gasteiger partial charge in [0.15, 0.2) is 0 Å². The molecular weight excluding hydrogens is 266 g/mol. The standard InChI is InChI=1S/C15H11N5O/c21-14-10-8-18-15(20-13(10)5-7-17-14)19-12-3-1-2-11-9(12)4-6-16-11/h1-8,16H,(H,17,21)(H,18,19,20). The fourth-order valence-electron chi connectivity index (χ4n) is 2.35. The Hall–Kier alpha value is -3.15. The van der Waals surface area contributed by atoms with Crippen LogP contribution in [0.4, 0.5) is 11.6 Å². The van der Waals surface area contributed by atoms with Crippen molar-refractivity contribution in [2.75, 3.05) is 5.32 Å². The first-order valence-electron chi connectivity index (χ1n) is 6.49. The van der Waals surface area contributed by atoms with E-state index in [-0.39, 0.29) is 5.56 Å². The summed E-state index contributed by atoms with van der Waals surface area (Å²) in [6.45, 7) is 0. The van der Waals surface area contributed by atoms with Crippen molar-refractivity contribution >= 4 is 33.4 Å². The van der Waals surface area contributed by atoms with Crippen molar-refractivity contribution in [2.45, 2.75) is 0 Å². The molecular formula is C15H11N5O. The van der Waals surface area contributed by atoms with Crippen LogP contribution in [-0.2, 0) is 0 Å². The lowest BCUT2D eigenvalue weighted by atomic mass is 10.2. The molecule has 3 aromatic heterocycles. The Morgan fingerprint density at radius 2 is 1.90 bits per heavy atom. The molecule has 102 valence electrons. The highest BCUT2D eigenvalue weighted by Crippen LogP contribution is 2.24. The summed E-state index contributed by atoms with van der Waals surface area (Å²) in [5.41, 5.74) is 2.37. The number of rotatable bonds is 2. The predicted molar refractivity (Wildman–Crippen MR) is 81.7 cm³/mol. The van der Waals surface area contributed by atoms with Crippen molar-refractivity contribution in [3.63, 3.8) is 0 Å². The molecule has 0 spiro atoms. The lowest BCUT2D eigenvalue weighted by Gasteiger charge is -2.06. The van der Waals surface area contributed by atoms with Gasteiger partial charge in [0.25, 0.3) is 5.56 Å². The lowest BCUT2D eigenvalue weighted by molar-refractivity contribution is 1.18.